The van der Waals surface area contributed by atoms with Crippen LogP contribution >= 0.6 is 11.6 Å². The minimum Gasteiger partial charge on any atom is -0.383 e. The molecule has 0 aromatic heterocycles. The topological polar surface area (TPSA) is 38.5 Å². The van der Waals surface area contributed by atoms with E-state index in [2.05, 4.69) is 11.8 Å². The van der Waals surface area contributed by atoms with Crippen molar-refractivity contribution in [1.29, 1.82) is 0 Å². The fourth-order valence-electron chi connectivity index (χ4n) is 1.89. The molecule has 0 spiro atoms. The fourth-order valence-corrected chi connectivity index (χ4v) is 2.19. The lowest BCUT2D eigenvalue weighted by molar-refractivity contribution is 0.0885. The number of methoxy groups -OCH3 is 1. The van der Waals surface area contributed by atoms with Crippen molar-refractivity contribution in [3.8, 4) is 0 Å². The van der Waals surface area contributed by atoms with Gasteiger partial charge in [0.05, 0.1) is 6.61 Å². The molecule has 0 fully saturated rings. The quantitative estimate of drug-likeness (QED) is 0.849. The Kier molecular flexibility index (Phi) is 5.92. The molecule has 17 heavy (non-hydrogen) atoms. The van der Waals surface area contributed by atoms with Crippen molar-refractivity contribution in [2.24, 2.45) is 5.73 Å². The molecule has 1 aromatic rings. The van der Waals surface area contributed by atoms with Crippen molar-refractivity contribution in [3.05, 3.63) is 34.9 Å². The van der Waals surface area contributed by atoms with Gasteiger partial charge in [0.2, 0.25) is 0 Å². The third kappa shape index (κ3) is 3.68. The number of ether oxygens (including phenoxy) is 1. The van der Waals surface area contributed by atoms with Crippen LogP contribution in [-0.4, -0.2) is 38.3 Å². The second kappa shape index (κ2) is 6.97. The number of hydrogen-bond donors (Lipinski definition) is 1. The lowest BCUT2D eigenvalue weighted by Crippen LogP contribution is -2.42. The number of nitrogens with zero attached hydrogens (tertiary/aromatic N) is 1. The molecule has 0 saturated carbocycles. The summed E-state index contributed by atoms with van der Waals surface area (Å²) in [7, 11) is 3.74. The van der Waals surface area contributed by atoms with Gasteiger partial charge in [-0.2, -0.15) is 0 Å². The van der Waals surface area contributed by atoms with E-state index in [1.165, 1.54) is 0 Å². The standard InChI is InChI=1S/C13H21ClN2O/c1-10(12-6-4-5-7-13(12)14)16(2)11(8-15)9-17-3/h4-7,10-11H,8-9,15H2,1-3H3. The van der Waals surface area contributed by atoms with Gasteiger partial charge in [0.1, 0.15) is 0 Å². The molecule has 0 amide bonds. The molecule has 1 rings (SSSR count). The number of likely N-dealkylation sites (N-methyl/N-ethyl adjacent to an activating group) is 1. The minimum atomic E-state index is 0.200. The summed E-state index contributed by atoms with van der Waals surface area (Å²) in [6, 6.07) is 8.31. The molecular formula is C13H21ClN2O. The Balaban J connectivity index is 2.81. The number of benzene rings is 1. The average Bonchev–Trinajstić information content (AvgIpc) is 2.35. The molecule has 2 unspecified atom stereocenters. The van der Waals surface area contributed by atoms with Gasteiger partial charge in [-0.1, -0.05) is 29.8 Å². The summed E-state index contributed by atoms with van der Waals surface area (Å²) >= 11 is 6.20. The van der Waals surface area contributed by atoms with Crippen LogP contribution in [0.2, 0.25) is 5.02 Å². The van der Waals surface area contributed by atoms with Gasteiger partial charge >= 0.3 is 0 Å². The smallest absolute Gasteiger partial charge is 0.0630 e. The van der Waals surface area contributed by atoms with Crippen molar-refractivity contribution in [3.63, 3.8) is 0 Å². The van der Waals surface area contributed by atoms with Crippen LogP contribution in [0.3, 0.4) is 0 Å². The molecular weight excluding hydrogens is 236 g/mol. The maximum atomic E-state index is 6.20. The van der Waals surface area contributed by atoms with Gasteiger partial charge in [-0.05, 0) is 25.6 Å². The van der Waals surface area contributed by atoms with E-state index < -0.39 is 0 Å². The zero-order valence-electron chi connectivity index (χ0n) is 10.7. The van der Waals surface area contributed by atoms with Crippen LogP contribution in [0.25, 0.3) is 0 Å². The summed E-state index contributed by atoms with van der Waals surface area (Å²) in [5, 5.41) is 0.792. The van der Waals surface area contributed by atoms with E-state index in [-0.39, 0.29) is 12.1 Å². The molecule has 2 atom stereocenters. The molecule has 3 nitrogen and oxygen atoms in total. The first-order chi connectivity index (χ1) is 8.11. The Morgan fingerprint density at radius 3 is 2.59 bits per heavy atom. The highest BCUT2D eigenvalue weighted by molar-refractivity contribution is 6.31. The monoisotopic (exact) mass is 256 g/mol. The largest absolute Gasteiger partial charge is 0.383 e. The molecule has 0 radical (unpaired) electrons. The highest BCUT2D eigenvalue weighted by atomic mass is 35.5. The van der Waals surface area contributed by atoms with Crippen LogP contribution in [0.1, 0.15) is 18.5 Å². The zero-order valence-corrected chi connectivity index (χ0v) is 11.4. The van der Waals surface area contributed by atoms with Crippen LogP contribution in [0.15, 0.2) is 24.3 Å². The van der Waals surface area contributed by atoms with Crippen molar-refractivity contribution in [1.82, 2.24) is 4.90 Å². The fraction of sp³-hybridized carbons (Fsp3) is 0.538. The van der Waals surface area contributed by atoms with Gasteiger partial charge in [0.25, 0.3) is 0 Å². The minimum absolute atomic E-state index is 0.200. The van der Waals surface area contributed by atoms with Crippen LogP contribution in [0.4, 0.5) is 0 Å². The maximum Gasteiger partial charge on any atom is 0.0630 e. The van der Waals surface area contributed by atoms with Gasteiger partial charge in [0.15, 0.2) is 0 Å². The predicted octanol–water partition coefficient (Wildman–Crippen LogP) is 2.31. The predicted molar refractivity (Wildman–Crippen MR) is 72.3 cm³/mol. The Hall–Kier alpha value is -0.610. The summed E-state index contributed by atoms with van der Waals surface area (Å²) in [4.78, 5) is 2.20. The summed E-state index contributed by atoms with van der Waals surface area (Å²) in [6.07, 6.45) is 0. The highest BCUT2D eigenvalue weighted by Crippen LogP contribution is 2.27. The van der Waals surface area contributed by atoms with Crippen molar-refractivity contribution >= 4 is 11.6 Å². The van der Waals surface area contributed by atoms with Crippen LogP contribution in [-0.2, 0) is 4.74 Å². The first-order valence-corrected chi connectivity index (χ1v) is 6.15. The third-order valence-electron chi connectivity index (χ3n) is 3.17. The van der Waals surface area contributed by atoms with E-state index in [0.29, 0.717) is 13.2 Å². The molecule has 0 bridgehead atoms. The lowest BCUT2D eigenvalue weighted by atomic mass is 10.1. The molecule has 0 aliphatic heterocycles. The van der Waals surface area contributed by atoms with E-state index in [4.69, 9.17) is 22.1 Å². The van der Waals surface area contributed by atoms with E-state index in [1.54, 1.807) is 7.11 Å². The van der Waals surface area contributed by atoms with E-state index in [9.17, 15) is 0 Å². The molecule has 0 aliphatic carbocycles. The van der Waals surface area contributed by atoms with Gasteiger partial charge in [-0.15, -0.1) is 0 Å². The normalized spacial score (nSPS) is 14.9. The SMILES string of the molecule is COCC(CN)N(C)C(C)c1ccccc1Cl. The number of nitrogens with two attached hydrogens (primary N) is 1. The molecule has 2 N–H and O–H groups in total. The average molecular weight is 257 g/mol. The zero-order chi connectivity index (χ0) is 12.8. The van der Waals surface area contributed by atoms with E-state index in [1.807, 2.05) is 31.3 Å². The van der Waals surface area contributed by atoms with Gasteiger partial charge in [0, 0.05) is 30.8 Å². The summed E-state index contributed by atoms with van der Waals surface area (Å²) in [5.41, 5.74) is 6.88. The van der Waals surface area contributed by atoms with Crippen LogP contribution in [0.5, 0.6) is 0 Å². The summed E-state index contributed by atoms with van der Waals surface area (Å²) in [6.45, 7) is 3.32. The summed E-state index contributed by atoms with van der Waals surface area (Å²) < 4.78 is 5.18. The highest BCUT2D eigenvalue weighted by Gasteiger charge is 2.21. The number of rotatable bonds is 6. The molecule has 4 heteroatoms. The Labute approximate surface area is 109 Å². The first-order valence-electron chi connectivity index (χ1n) is 5.77. The van der Waals surface area contributed by atoms with E-state index in [0.717, 1.165) is 10.6 Å². The molecule has 0 aliphatic rings. The van der Waals surface area contributed by atoms with E-state index >= 15 is 0 Å². The molecule has 1 aromatic carbocycles. The second-order valence-electron chi connectivity index (χ2n) is 4.21. The van der Waals surface area contributed by atoms with Crippen molar-refractivity contribution < 1.29 is 4.74 Å². The first kappa shape index (κ1) is 14.5. The molecule has 96 valence electrons. The molecule has 0 saturated heterocycles. The van der Waals surface area contributed by atoms with Gasteiger partial charge in [-0.25, -0.2) is 0 Å². The Bertz CT molecular complexity index is 346. The van der Waals surface area contributed by atoms with Crippen molar-refractivity contribution in [2.75, 3.05) is 27.3 Å². The van der Waals surface area contributed by atoms with Gasteiger partial charge in [-0.3, -0.25) is 4.90 Å². The Morgan fingerprint density at radius 1 is 1.41 bits per heavy atom. The number of halogens is 1. The second-order valence-corrected chi connectivity index (χ2v) is 4.62. The molecule has 0 heterocycles. The third-order valence-corrected chi connectivity index (χ3v) is 3.52. The van der Waals surface area contributed by atoms with Crippen molar-refractivity contribution in [2.45, 2.75) is 19.0 Å². The van der Waals surface area contributed by atoms with Crippen LogP contribution < -0.4 is 5.73 Å². The van der Waals surface area contributed by atoms with Gasteiger partial charge < -0.3 is 10.5 Å². The maximum absolute atomic E-state index is 6.20. The lowest BCUT2D eigenvalue weighted by Gasteiger charge is -2.32. The Morgan fingerprint density at radius 2 is 2.06 bits per heavy atom. The van der Waals surface area contributed by atoms with Crippen LogP contribution in [0, 0.1) is 0 Å². The summed E-state index contributed by atoms with van der Waals surface area (Å²) in [5.74, 6) is 0. The number of hydrogen-bond acceptors (Lipinski definition) is 3.